The van der Waals surface area contributed by atoms with E-state index in [0.29, 0.717) is 17.9 Å². The summed E-state index contributed by atoms with van der Waals surface area (Å²) in [6.45, 7) is 5.95. The summed E-state index contributed by atoms with van der Waals surface area (Å²) in [7, 11) is 0. The van der Waals surface area contributed by atoms with Gasteiger partial charge in [-0.05, 0) is 26.3 Å². The van der Waals surface area contributed by atoms with E-state index in [2.05, 4.69) is 4.99 Å². The first kappa shape index (κ1) is 17.8. The lowest BCUT2D eigenvalue weighted by atomic mass is 10.1. The number of hydrogen-bond acceptors (Lipinski definition) is 5. The Morgan fingerprint density at radius 3 is 2.52 bits per heavy atom. The van der Waals surface area contributed by atoms with E-state index >= 15 is 0 Å². The highest BCUT2D eigenvalue weighted by Crippen LogP contribution is 2.37. The zero-order chi connectivity index (χ0) is 14.7. The third kappa shape index (κ3) is 4.09. The van der Waals surface area contributed by atoms with Gasteiger partial charge in [0.2, 0.25) is 0 Å². The van der Waals surface area contributed by atoms with Crippen molar-refractivity contribution < 1.29 is 9.53 Å². The van der Waals surface area contributed by atoms with Crippen molar-refractivity contribution in [2.75, 3.05) is 6.61 Å². The van der Waals surface area contributed by atoms with Crippen molar-refractivity contribution in [3.8, 4) is 0 Å². The summed E-state index contributed by atoms with van der Waals surface area (Å²) in [5, 5.41) is 0. The molecule has 1 aliphatic heterocycles. The fourth-order valence-corrected chi connectivity index (χ4v) is 3.06. The SMILES string of the molecule is CCOC(=O)C1=C(c2ccc(C)cc2)SC(N)N=C1C.Cl. The minimum absolute atomic E-state index is 0. The van der Waals surface area contributed by atoms with E-state index in [0.717, 1.165) is 10.5 Å². The second-order valence-electron chi connectivity index (χ2n) is 4.51. The van der Waals surface area contributed by atoms with Crippen LogP contribution in [0.1, 0.15) is 25.0 Å². The van der Waals surface area contributed by atoms with Crippen LogP contribution >= 0.6 is 24.2 Å². The van der Waals surface area contributed by atoms with Crippen LogP contribution in [0.5, 0.6) is 0 Å². The highest BCUT2D eigenvalue weighted by atomic mass is 35.5. The number of nitrogens with two attached hydrogens (primary N) is 1. The predicted molar refractivity (Wildman–Crippen MR) is 90.7 cm³/mol. The quantitative estimate of drug-likeness (QED) is 0.867. The summed E-state index contributed by atoms with van der Waals surface area (Å²) in [6.07, 6.45) is 0. The Morgan fingerprint density at radius 2 is 1.95 bits per heavy atom. The van der Waals surface area contributed by atoms with Crippen LogP contribution in [0.15, 0.2) is 34.8 Å². The van der Waals surface area contributed by atoms with E-state index in [1.807, 2.05) is 31.2 Å². The number of thioether (sulfide) groups is 1. The van der Waals surface area contributed by atoms with Crippen LogP contribution in [-0.4, -0.2) is 23.8 Å². The summed E-state index contributed by atoms with van der Waals surface area (Å²) in [5.41, 5.74) is 8.80. The smallest absolute Gasteiger partial charge is 0.341 e. The molecule has 114 valence electrons. The first-order valence-corrected chi connectivity index (χ1v) is 7.36. The number of carbonyl (C=O) groups excluding carboxylic acids is 1. The zero-order valence-corrected chi connectivity index (χ0v) is 13.9. The molecule has 1 heterocycles. The predicted octanol–water partition coefficient (Wildman–Crippen LogP) is 3.14. The van der Waals surface area contributed by atoms with Gasteiger partial charge in [-0.2, -0.15) is 0 Å². The highest BCUT2D eigenvalue weighted by Gasteiger charge is 2.27. The zero-order valence-electron chi connectivity index (χ0n) is 12.3. The number of ether oxygens (including phenoxy) is 1. The number of aryl methyl sites for hydroxylation is 1. The molecule has 1 aromatic rings. The molecule has 0 bridgehead atoms. The fourth-order valence-electron chi connectivity index (χ4n) is 1.99. The van der Waals surface area contributed by atoms with Crippen LogP contribution in [0.4, 0.5) is 0 Å². The standard InChI is InChI=1S/C15H18N2O2S.ClH/c1-4-19-14(18)12-10(3)17-15(16)20-13(12)11-7-5-9(2)6-8-11;/h5-8,15H,4,16H2,1-3H3;1H. The first-order chi connectivity index (χ1) is 9.52. The maximum Gasteiger partial charge on any atom is 0.341 e. The summed E-state index contributed by atoms with van der Waals surface area (Å²) < 4.78 is 5.13. The molecule has 0 radical (unpaired) electrons. The number of carbonyl (C=O) groups is 1. The molecule has 0 saturated carbocycles. The Bertz CT molecular complexity index is 582. The number of hydrogen-bond donors (Lipinski definition) is 1. The van der Waals surface area contributed by atoms with Gasteiger partial charge in [0, 0.05) is 4.91 Å². The number of halogens is 1. The molecular formula is C15H19ClN2O2S. The van der Waals surface area contributed by atoms with Gasteiger partial charge < -0.3 is 10.5 Å². The van der Waals surface area contributed by atoms with Crippen molar-refractivity contribution in [3.05, 3.63) is 41.0 Å². The summed E-state index contributed by atoms with van der Waals surface area (Å²) in [4.78, 5) is 17.2. The third-order valence-corrected chi connectivity index (χ3v) is 3.96. The number of aliphatic imine (C=N–C) groups is 1. The minimum atomic E-state index is -0.385. The molecule has 0 amide bonds. The number of nitrogens with zero attached hydrogens (tertiary/aromatic N) is 1. The van der Waals surface area contributed by atoms with Crippen molar-refractivity contribution in [1.82, 2.24) is 0 Å². The van der Waals surface area contributed by atoms with E-state index in [1.54, 1.807) is 13.8 Å². The molecule has 0 spiro atoms. The van der Waals surface area contributed by atoms with Gasteiger partial charge in [-0.1, -0.05) is 41.6 Å². The van der Waals surface area contributed by atoms with Gasteiger partial charge in [0.15, 0.2) is 0 Å². The first-order valence-electron chi connectivity index (χ1n) is 6.48. The second-order valence-corrected chi connectivity index (χ2v) is 5.64. The van der Waals surface area contributed by atoms with Crippen molar-refractivity contribution in [2.45, 2.75) is 26.3 Å². The molecule has 0 fully saturated rings. The van der Waals surface area contributed by atoms with Gasteiger partial charge in [0.1, 0.15) is 5.50 Å². The van der Waals surface area contributed by atoms with Gasteiger partial charge in [0.25, 0.3) is 0 Å². The van der Waals surface area contributed by atoms with Gasteiger partial charge in [-0.3, -0.25) is 4.99 Å². The van der Waals surface area contributed by atoms with E-state index in [4.69, 9.17) is 10.5 Å². The van der Waals surface area contributed by atoms with Crippen LogP contribution in [0.3, 0.4) is 0 Å². The summed E-state index contributed by atoms with van der Waals surface area (Å²) >= 11 is 1.38. The number of esters is 1. The second kappa shape index (κ2) is 7.64. The number of benzene rings is 1. The van der Waals surface area contributed by atoms with Crippen LogP contribution in [0.25, 0.3) is 4.91 Å². The molecule has 1 aromatic carbocycles. The van der Waals surface area contributed by atoms with Crippen molar-refractivity contribution in [1.29, 1.82) is 0 Å². The molecule has 21 heavy (non-hydrogen) atoms. The molecule has 0 aliphatic carbocycles. The average Bonchev–Trinajstić information content (AvgIpc) is 2.38. The van der Waals surface area contributed by atoms with E-state index in [9.17, 15) is 4.79 Å². The maximum atomic E-state index is 12.2. The van der Waals surface area contributed by atoms with Crippen molar-refractivity contribution >= 4 is 40.8 Å². The van der Waals surface area contributed by atoms with Crippen LogP contribution in [0.2, 0.25) is 0 Å². The third-order valence-electron chi connectivity index (χ3n) is 2.94. The molecule has 4 nitrogen and oxygen atoms in total. The van der Waals surface area contributed by atoms with Gasteiger partial charge in [-0.25, -0.2) is 4.79 Å². The van der Waals surface area contributed by atoms with Crippen molar-refractivity contribution in [2.24, 2.45) is 10.7 Å². The molecule has 0 aromatic heterocycles. The molecule has 6 heteroatoms. The van der Waals surface area contributed by atoms with Crippen LogP contribution in [-0.2, 0) is 9.53 Å². The Labute approximate surface area is 135 Å². The topological polar surface area (TPSA) is 64.7 Å². The molecular weight excluding hydrogens is 308 g/mol. The van der Waals surface area contributed by atoms with Crippen LogP contribution < -0.4 is 5.73 Å². The monoisotopic (exact) mass is 326 g/mol. The average molecular weight is 327 g/mol. The highest BCUT2D eigenvalue weighted by molar-refractivity contribution is 8.09. The Morgan fingerprint density at radius 1 is 1.33 bits per heavy atom. The summed E-state index contributed by atoms with van der Waals surface area (Å²) in [5.74, 6) is -0.344. The van der Waals surface area contributed by atoms with Gasteiger partial charge >= 0.3 is 5.97 Å². The Hall–Kier alpha value is -1.30. The normalized spacial score (nSPS) is 17.9. The Balaban J connectivity index is 0.00000220. The van der Waals surface area contributed by atoms with E-state index < -0.39 is 0 Å². The van der Waals surface area contributed by atoms with Crippen molar-refractivity contribution in [3.63, 3.8) is 0 Å². The molecule has 2 rings (SSSR count). The van der Waals surface area contributed by atoms with E-state index in [-0.39, 0.29) is 23.9 Å². The van der Waals surface area contributed by atoms with E-state index in [1.165, 1.54) is 17.3 Å². The maximum absolute atomic E-state index is 12.2. The minimum Gasteiger partial charge on any atom is -0.462 e. The summed E-state index contributed by atoms with van der Waals surface area (Å²) in [6, 6.07) is 8.00. The molecule has 1 atom stereocenters. The lowest BCUT2D eigenvalue weighted by molar-refractivity contribution is -0.137. The largest absolute Gasteiger partial charge is 0.462 e. The molecule has 1 aliphatic rings. The molecule has 1 unspecified atom stereocenters. The lowest BCUT2D eigenvalue weighted by Gasteiger charge is -2.21. The van der Waals surface area contributed by atoms with Gasteiger partial charge in [-0.15, -0.1) is 12.4 Å². The van der Waals surface area contributed by atoms with Crippen LogP contribution in [0, 0.1) is 6.92 Å². The lowest BCUT2D eigenvalue weighted by Crippen LogP contribution is -2.24. The molecule has 2 N–H and O–H groups in total. The fraction of sp³-hybridized carbons (Fsp3) is 0.333. The van der Waals surface area contributed by atoms with Gasteiger partial charge in [0.05, 0.1) is 17.9 Å². The number of rotatable bonds is 3. The Kier molecular flexibility index (Phi) is 6.45. The molecule has 0 saturated heterocycles.